The summed E-state index contributed by atoms with van der Waals surface area (Å²) in [6.45, 7) is -0.264. The Balaban J connectivity index is 1.73. The lowest BCUT2D eigenvalue weighted by Crippen LogP contribution is -2.44. The van der Waals surface area contributed by atoms with Gasteiger partial charge in [-0.15, -0.1) is 0 Å². The number of benzene rings is 1. The maximum absolute atomic E-state index is 11.8. The summed E-state index contributed by atoms with van der Waals surface area (Å²) < 4.78 is 5.41. The van der Waals surface area contributed by atoms with E-state index in [1.165, 1.54) is 0 Å². The van der Waals surface area contributed by atoms with Crippen molar-refractivity contribution in [1.29, 1.82) is 0 Å². The number of aliphatic hydroxyl groups excluding tert-OH is 1. The first-order valence-corrected chi connectivity index (χ1v) is 7.63. The number of amides is 3. The average molecular weight is 335 g/mol. The van der Waals surface area contributed by atoms with Crippen LogP contribution in [-0.2, 0) is 16.0 Å². The van der Waals surface area contributed by atoms with Crippen molar-refractivity contribution in [2.75, 3.05) is 6.61 Å². The van der Waals surface area contributed by atoms with Crippen LogP contribution in [0.4, 0.5) is 4.79 Å². The molecule has 3 amide bonds. The van der Waals surface area contributed by atoms with E-state index in [0.29, 0.717) is 12.8 Å². The number of imide groups is 1. The highest BCUT2D eigenvalue weighted by Crippen LogP contribution is 2.21. The summed E-state index contributed by atoms with van der Waals surface area (Å²) in [5, 5.41) is 20.9. The Hall–Kier alpha value is -2.52. The van der Waals surface area contributed by atoms with Gasteiger partial charge >= 0.3 is 6.03 Å². The van der Waals surface area contributed by atoms with Crippen molar-refractivity contribution in [3.8, 4) is 0 Å². The van der Waals surface area contributed by atoms with Crippen molar-refractivity contribution in [2.45, 2.75) is 37.6 Å². The summed E-state index contributed by atoms with van der Waals surface area (Å²) in [7, 11) is 0. The fraction of sp³-hybridized carbons (Fsp3) is 0.467. The number of aryl methyl sites for hydroxylation is 1. The number of nitrogens with zero attached hydrogens (tertiary/aromatic N) is 2. The van der Waals surface area contributed by atoms with E-state index < -0.39 is 24.4 Å². The lowest BCUT2D eigenvalue weighted by Gasteiger charge is -2.14. The van der Waals surface area contributed by atoms with Gasteiger partial charge in [0.15, 0.2) is 0 Å². The molecule has 1 aromatic rings. The van der Waals surface area contributed by atoms with Crippen molar-refractivity contribution in [1.82, 2.24) is 10.6 Å². The van der Waals surface area contributed by atoms with Crippen LogP contribution in [0.3, 0.4) is 0 Å². The van der Waals surface area contributed by atoms with Gasteiger partial charge in [0.05, 0.1) is 6.61 Å². The highest BCUT2D eigenvalue weighted by atomic mass is 16.5. The molecular formula is C15H21N5O4. The number of nitrogens with one attached hydrogen (secondary N) is 2. The maximum Gasteiger partial charge on any atom is 0.323 e. The van der Waals surface area contributed by atoms with Crippen molar-refractivity contribution in [2.24, 2.45) is 16.2 Å². The molecule has 0 saturated carbocycles. The molecule has 1 fully saturated rings. The third-order valence-electron chi connectivity index (χ3n) is 3.65. The molecule has 0 spiro atoms. The van der Waals surface area contributed by atoms with Gasteiger partial charge in [0.2, 0.25) is 5.91 Å². The average Bonchev–Trinajstić information content (AvgIpc) is 2.95. The Morgan fingerprint density at radius 1 is 1.33 bits per heavy atom. The zero-order valence-corrected chi connectivity index (χ0v) is 13.1. The van der Waals surface area contributed by atoms with Gasteiger partial charge in [0, 0.05) is 12.8 Å². The van der Waals surface area contributed by atoms with E-state index in [4.69, 9.17) is 10.6 Å². The number of rotatable bonds is 6. The third kappa shape index (κ3) is 5.28. The van der Waals surface area contributed by atoms with Crippen molar-refractivity contribution in [3.63, 3.8) is 0 Å². The molecule has 1 saturated heterocycles. The molecule has 1 heterocycles. The van der Waals surface area contributed by atoms with Crippen LogP contribution in [-0.4, -0.2) is 42.0 Å². The van der Waals surface area contributed by atoms with Crippen LogP contribution >= 0.6 is 0 Å². The molecule has 1 aliphatic heterocycles. The molecule has 9 heteroatoms. The first kappa shape index (κ1) is 17.8. The zero-order valence-electron chi connectivity index (χ0n) is 13.1. The van der Waals surface area contributed by atoms with Gasteiger partial charge in [-0.3, -0.25) is 10.1 Å². The van der Waals surface area contributed by atoms with E-state index in [0.717, 1.165) is 5.56 Å². The van der Waals surface area contributed by atoms with Crippen LogP contribution in [0, 0.1) is 0 Å². The van der Waals surface area contributed by atoms with Crippen LogP contribution < -0.4 is 16.5 Å². The summed E-state index contributed by atoms with van der Waals surface area (Å²) >= 11 is 0. The molecule has 0 aromatic heterocycles. The fourth-order valence-electron chi connectivity index (χ4n) is 2.47. The van der Waals surface area contributed by atoms with Crippen molar-refractivity contribution < 1.29 is 19.4 Å². The van der Waals surface area contributed by atoms with E-state index in [2.05, 4.69) is 21.0 Å². The Kier molecular flexibility index (Phi) is 6.64. The smallest absolute Gasteiger partial charge is 0.323 e. The van der Waals surface area contributed by atoms with Crippen molar-refractivity contribution in [3.05, 3.63) is 35.9 Å². The Bertz CT molecular complexity index is 580. The van der Waals surface area contributed by atoms with Crippen LogP contribution in [0.15, 0.2) is 40.7 Å². The summed E-state index contributed by atoms with van der Waals surface area (Å²) in [5.74, 6) is 4.61. The lowest BCUT2D eigenvalue weighted by molar-refractivity contribution is -0.120. The number of hydrogen-bond donors (Lipinski definition) is 4. The topological polar surface area (TPSA) is 138 Å². The predicted octanol–water partition coefficient (Wildman–Crippen LogP) is 0.247. The van der Waals surface area contributed by atoms with Gasteiger partial charge in [0.1, 0.15) is 18.4 Å². The number of hydrogen-bond acceptors (Lipinski definition) is 6. The molecule has 0 aliphatic carbocycles. The molecule has 24 heavy (non-hydrogen) atoms. The Labute approximate surface area is 139 Å². The SMILES string of the molecule is NN=NC1CC(NC(=O)NC(=O)CCc2ccccc2)OC1CO. The maximum atomic E-state index is 11.8. The monoisotopic (exact) mass is 335 g/mol. The van der Waals surface area contributed by atoms with E-state index in [9.17, 15) is 14.7 Å². The number of carbonyl (C=O) groups excluding carboxylic acids is 2. The number of aliphatic hydroxyl groups is 1. The van der Waals surface area contributed by atoms with Crippen LogP contribution in [0.1, 0.15) is 18.4 Å². The molecule has 0 radical (unpaired) electrons. The first-order chi connectivity index (χ1) is 11.6. The fourth-order valence-corrected chi connectivity index (χ4v) is 2.47. The van der Waals surface area contributed by atoms with Gasteiger partial charge in [-0.2, -0.15) is 5.11 Å². The largest absolute Gasteiger partial charge is 0.394 e. The minimum Gasteiger partial charge on any atom is -0.394 e. The molecule has 130 valence electrons. The second kappa shape index (κ2) is 8.94. The van der Waals surface area contributed by atoms with E-state index in [-0.39, 0.29) is 18.9 Å². The molecule has 1 aromatic carbocycles. The number of urea groups is 1. The first-order valence-electron chi connectivity index (χ1n) is 7.63. The van der Waals surface area contributed by atoms with Gasteiger partial charge < -0.3 is 21.0 Å². The summed E-state index contributed by atoms with van der Waals surface area (Å²) in [4.78, 5) is 23.6. The molecule has 3 unspecified atom stereocenters. The molecule has 2 rings (SSSR count). The second-order valence-corrected chi connectivity index (χ2v) is 5.39. The Morgan fingerprint density at radius 3 is 2.75 bits per heavy atom. The van der Waals surface area contributed by atoms with Gasteiger partial charge in [-0.05, 0) is 12.0 Å². The highest BCUT2D eigenvalue weighted by Gasteiger charge is 2.36. The van der Waals surface area contributed by atoms with Gasteiger partial charge in [0.25, 0.3) is 0 Å². The highest BCUT2D eigenvalue weighted by molar-refractivity contribution is 5.94. The predicted molar refractivity (Wildman–Crippen MR) is 84.6 cm³/mol. The van der Waals surface area contributed by atoms with E-state index in [1.807, 2.05) is 30.3 Å². The third-order valence-corrected chi connectivity index (χ3v) is 3.65. The quantitative estimate of drug-likeness (QED) is 0.335. The molecule has 9 nitrogen and oxygen atoms in total. The van der Waals surface area contributed by atoms with Crippen LogP contribution in [0.25, 0.3) is 0 Å². The Morgan fingerprint density at radius 2 is 2.08 bits per heavy atom. The molecule has 3 atom stereocenters. The minimum atomic E-state index is -0.667. The normalized spacial score (nSPS) is 23.3. The zero-order chi connectivity index (χ0) is 17.4. The van der Waals surface area contributed by atoms with E-state index >= 15 is 0 Å². The lowest BCUT2D eigenvalue weighted by atomic mass is 10.1. The van der Waals surface area contributed by atoms with Crippen LogP contribution in [0.2, 0.25) is 0 Å². The number of ether oxygens (including phenoxy) is 1. The molecule has 5 N–H and O–H groups in total. The summed E-state index contributed by atoms with van der Waals surface area (Å²) in [6.07, 6.45) is -0.189. The molecule has 1 aliphatic rings. The molecular weight excluding hydrogens is 314 g/mol. The number of nitrogens with two attached hydrogens (primary N) is 1. The van der Waals surface area contributed by atoms with Gasteiger partial charge in [-0.1, -0.05) is 35.6 Å². The standard InChI is InChI=1S/C15H21N5O4/c16-20-19-11-8-14(24-12(11)9-21)18-15(23)17-13(22)7-6-10-4-2-1-3-5-10/h1-5,11-12,14,21H,6-9H2,(H2,16,19)(H2,17,18,22,23). The van der Waals surface area contributed by atoms with Gasteiger partial charge in [-0.25, -0.2) is 4.79 Å². The van der Waals surface area contributed by atoms with Crippen molar-refractivity contribution >= 4 is 11.9 Å². The summed E-state index contributed by atoms with van der Waals surface area (Å²) in [6, 6.07) is 8.44. The summed E-state index contributed by atoms with van der Waals surface area (Å²) in [5.41, 5.74) is 1.02. The van der Waals surface area contributed by atoms with E-state index in [1.54, 1.807) is 0 Å². The van der Waals surface area contributed by atoms with Crippen LogP contribution in [0.5, 0.6) is 0 Å². The second-order valence-electron chi connectivity index (χ2n) is 5.39. The number of carbonyl (C=O) groups is 2. The molecule has 0 bridgehead atoms. The minimum absolute atomic E-state index is 0.201.